The zero-order chi connectivity index (χ0) is 14.8. The number of hydrogen-bond donors (Lipinski definition) is 3. The molecule has 0 aromatic heterocycles. The summed E-state index contributed by atoms with van der Waals surface area (Å²) in [5, 5.41) is 29.5. The van der Waals surface area contributed by atoms with Crippen LogP contribution in [0.15, 0.2) is 47.0 Å². The molecule has 0 saturated heterocycles. The number of carbonyl (C=O) groups is 2. The maximum Gasteiger partial charge on any atom is 0.209 e. The molecular formula is C14H16O5. The topological polar surface area (TPSA) is 94.8 Å². The van der Waals surface area contributed by atoms with Gasteiger partial charge in [0.2, 0.25) is 11.6 Å². The molecule has 0 aromatic carbocycles. The molecule has 0 heterocycles. The third kappa shape index (κ3) is 2.51. The van der Waals surface area contributed by atoms with Crippen molar-refractivity contribution in [2.45, 2.75) is 26.4 Å². The molecule has 1 rings (SSSR count). The first-order valence-electron chi connectivity index (χ1n) is 5.70. The maximum atomic E-state index is 12.0. The van der Waals surface area contributed by atoms with Crippen LogP contribution < -0.4 is 0 Å². The fourth-order valence-electron chi connectivity index (χ4n) is 1.69. The van der Waals surface area contributed by atoms with Crippen molar-refractivity contribution in [3.8, 4) is 0 Å². The summed E-state index contributed by atoms with van der Waals surface area (Å²) in [7, 11) is 0. The minimum absolute atomic E-state index is 0.161. The smallest absolute Gasteiger partial charge is 0.209 e. The zero-order valence-electron chi connectivity index (χ0n) is 11.0. The summed E-state index contributed by atoms with van der Waals surface area (Å²) < 4.78 is 0. The molecule has 19 heavy (non-hydrogen) atoms. The van der Waals surface area contributed by atoms with Crippen LogP contribution in [0.4, 0.5) is 0 Å². The van der Waals surface area contributed by atoms with E-state index in [1.807, 2.05) is 0 Å². The zero-order valence-corrected chi connectivity index (χ0v) is 11.0. The Morgan fingerprint density at radius 3 is 2.32 bits per heavy atom. The molecule has 102 valence electrons. The molecule has 0 radical (unpaired) electrons. The number of aliphatic hydroxyl groups is 3. The highest BCUT2D eigenvalue weighted by Gasteiger charge is 2.48. The van der Waals surface area contributed by atoms with Crippen LogP contribution in [0.3, 0.4) is 0 Å². The maximum absolute atomic E-state index is 12.0. The van der Waals surface area contributed by atoms with Gasteiger partial charge in [0.15, 0.2) is 5.60 Å². The Balaban J connectivity index is 3.46. The first kappa shape index (κ1) is 14.9. The third-order valence-corrected chi connectivity index (χ3v) is 2.86. The van der Waals surface area contributed by atoms with E-state index in [0.29, 0.717) is 0 Å². The van der Waals surface area contributed by atoms with Gasteiger partial charge in [-0.2, -0.15) is 0 Å². The van der Waals surface area contributed by atoms with E-state index in [0.717, 1.165) is 6.92 Å². The number of hydrogen-bond acceptors (Lipinski definition) is 5. The Morgan fingerprint density at radius 1 is 1.21 bits per heavy atom. The van der Waals surface area contributed by atoms with E-state index >= 15 is 0 Å². The van der Waals surface area contributed by atoms with Crippen molar-refractivity contribution in [3.05, 3.63) is 47.0 Å². The summed E-state index contributed by atoms with van der Waals surface area (Å²) >= 11 is 0. The summed E-state index contributed by atoms with van der Waals surface area (Å²) in [4.78, 5) is 23.6. The second-order valence-electron chi connectivity index (χ2n) is 4.35. The van der Waals surface area contributed by atoms with Crippen LogP contribution in [0.2, 0.25) is 0 Å². The van der Waals surface area contributed by atoms with E-state index in [9.17, 15) is 24.9 Å². The monoisotopic (exact) mass is 264 g/mol. The molecule has 1 unspecified atom stereocenters. The number of Topliss-reactive ketones (excluding diaryl/α,β-unsaturated/α-hetero) is 2. The Bertz CT molecular complexity index is 544. The van der Waals surface area contributed by atoms with Crippen molar-refractivity contribution in [2.24, 2.45) is 0 Å². The van der Waals surface area contributed by atoms with Gasteiger partial charge in [0.05, 0.1) is 0 Å². The van der Waals surface area contributed by atoms with Crippen LogP contribution in [0.1, 0.15) is 20.8 Å². The lowest BCUT2D eigenvalue weighted by Gasteiger charge is -2.27. The third-order valence-electron chi connectivity index (χ3n) is 2.86. The van der Waals surface area contributed by atoms with E-state index < -0.39 is 34.3 Å². The number of rotatable bonds is 2. The van der Waals surface area contributed by atoms with Gasteiger partial charge in [-0.25, -0.2) is 0 Å². The molecule has 1 aliphatic carbocycles. The molecule has 1 aliphatic rings. The molecule has 5 heteroatoms. The Hall–Kier alpha value is -2.14. The first-order valence-corrected chi connectivity index (χ1v) is 5.70. The summed E-state index contributed by atoms with van der Waals surface area (Å²) in [5.74, 6) is -3.01. The highest BCUT2D eigenvalue weighted by Crippen LogP contribution is 2.31. The van der Waals surface area contributed by atoms with Crippen LogP contribution >= 0.6 is 0 Å². The first-order chi connectivity index (χ1) is 8.75. The minimum Gasteiger partial charge on any atom is -0.507 e. The lowest BCUT2D eigenvalue weighted by molar-refractivity contribution is -0.145. The quantitative estimate of drug-likeness (QED) is 0.305. The standard InChI is InChI=1S/C14H16O5/c1-4-5-6-7-9(15)10-11(16)8(2)12(17)14(3,19)13(10)18/h4-7,15-16,19H,1-3H3/b5-4+,7-6+,10-9+. The molecule has 0 amide bonds. The minimum atomic E-state index is -2.27. The van der Waals surface area contributed by atoms with Crippen LogP contribution in [-0.4, -0.2) is 32.5 Å². The lowest BCUT2D eigenvalue weighted by atomic mass is 9.79. The molecule has 5 nitrogen and oxygen atoms in total. The van der Waals surface area contributed by atoms with Crippen molar-refractivity contribution in [2.75, 3.05) is 0 Å². The predicted molar refractivity (Wildman–Crippen MR) is 69.6 cm³/mol. The molecule has 0 saturated carbocycles. The van der Waals surface area contributed by atoms with Gasteiger partial charge < -0.3 is 15.3 Å². The van der Waals surface area contributed by atoms with Crippen LogP contribution in [0.5, 0.6) is 0 Å². The van der Waals surface area contributed by atoms with E-state index in [1.54, 1.807) is 19.1 Å². The Kier molecular flexibility index (Phi) is 4.11. The van der Waals surface area contributed by atoms with Gasteiger partial charge in [0, 0.05) is 5.57 Å². The number of ketones is 2. The van der Waals surface area contributed by atoms with Crippen molar-refractivity contribution >= 4 is 11.6 Å². The van der Waals surface area contributed by atoms with Crippen molar-refractivity contribution in [3.63, 3.8) is 0 Å². The molecule has 0 bridgehead atoms. The molecule has 0 fully saturated rings. The molecular weight excluding hydrogens is 248 g/mol. The Morgan fingerprint density at radius 2 is 1.79 bits per heavy atom. The van der Waals surface area contributed by atoms with Gasteiger partial charge in [0.1, 0.15) is 17.1 Å². The fourth-order valence-corrected chi connectivity index (χ4v) is 1.69. The summed E-state index contributed by atoms with van der Waals surface area (Å²) in [5.41, 5.74) is -2.89. The number of allylic oxidation sites excluding steroid dienone is 5. The van der Waals surface area contributed by atoms with Gasteiger partial charge >= 0.3 is 0 Å². The summed E-state index contributed by atoms with van der Waals surface area (Å²) in [6, 6.07) is 0. The van der Waals surface area contributed by atoms with Gasteiger partial charge in [0.25, 0.3) is 0 Å². The van der Waals surface area contributed by atoms with Gasteiger partial charge in [-0.15, -0.1) is 0 Å². The molecule has 1 atom stereocenters. The molecule has 0 spiro atoms. The predicted octanol–water partition coefficient (Wildman–Crippen LogP) is 1.67. The van der Waals surface area contributed by atoms with Crippen molar-refractivity contribution in [1.82, 2.24) is 0 Å². The molecule has 0 aliphatic heterocycles. The largest absolute Gasteiger partial charge is 0.507 e. The Labute approximate surface area is 110 Å². The summed E-state index contributed by atoms with van der Waals surface area (Å²) in [6.45, 7) is 4.09. The summed E-state index contributed by atoms with van der Waals surface area (Å²) in [6.07, 6.45) is 5.98. The highest BCUT2D eigenvalue weighted by molar-refractivity contribution is 6.26. The van der Waals surface area contributed by atoms with Crippen LogP contribution in [0, 0.1) is 0 Å². The van der Waals surface area contributed by atoms with E-state index in [-0.39, 0.29) is 5.57 Å². The second-order valence-corrected chi connectivity index (χ2v) is 4.35. The van der Waals surface area contributed by atoms with Crippen LogP contribution in [0.25, 0.3) is 0 Å². The van der Waals surface area contributed by atoms with Gasteiger partial charge in [-0.3, -0.25) is 9.59 Å². The van der Waals surface area contributed by atoms with Crippen LogP contribution in [-0.2, 0) is 9.59 Å². The van der Waals surface area contributed by atoms with Gasteiger partial charge in [-0.1, -0.05) is 18.2 Å². The second kappa shape index (κ2) is 5.24. The number of carbonyl (C=O) groups excluding carboxylic acids is 2. The number of aliphatic hydroxyl groups excluding tert-OH is 2. The van der Waals surface area contributed by atoms with E-state index in [4.69, 9.17) is 0 Å². The SMILES string of the molecule is C/C=C/C=C/C(O)=C1\C(=O)C(C)(O)C(=O)C(C)=C1O. The molecule has 3 N–H and O–H groups in total. The normalized spacial score (nSPS) is 27.8. The molecule has 0 aromatic rings. The van der Waals surface area contributed by atoms with Crippen molar-refractivity contribution < 1.29 is 24.9 Å². The van der Waals surface area contributed by atoms with Crippen molar-refractivity contribution in [1.29, 1.82) is 0 Å². The van der Waals surface area contributed by atoms with E-state index in [1.165, 1.54) is 19.1 Å². The fraction of sp³-hybridized carbons (Fsp3) is 0.286. The average molecular weight is 264 g/mol. The van der Waals surface area contributed by atoms with Gasteiger partial charge in [-0.05, 0) is 26.8 Å². The average Bonchev–Trinajstić information content (AvgIpc) is 2.35. The highest BCUT2D eigenvalue weighted by atomic mass is 16.3. The van der Waals surface area contributed by atoms with E-state index in [2.05, 4.69) is 0 Å². The lowest BCUT2D eigenvalue weighted by Crippen LogP contribution is -2.48.